The third-order valence-corrected chi connectivity index (χ3v) is 29.0. The molecule has 44 heteroatoms. The number of imide groups is 2. The summed E-state index contributed by atoms with van der Waals surface area (Å²) >= 11 is 38.4. The quantitative estimate of drug-likeness (QED) is 0.0139. The molecule has 5 aliphatic heterocycles. The Kier molecular flexibility index (Phi) is 48.4. The standard InChI is InChI=1S/C50H62Cl4N4O12S2.C23H30Cl2N2O4S.C12H12N2O10.C6H15N.CH4/c1-57-29-41(39-25-35(51)27-45(53)43(39)31-57)33-7-3-9-37(23-33)71(63,64)22-6-15-68-19-20-69-16-12-55-50(62)49(61)48(60)47(59)11-5-14-67-18-21-70-17-13-56-72(65,66)38-10-4-8-34(24-38)42-30-58(2)32-44-40(42)26-36(52)28-46(44)54;1-27-15-21(20-13-18(24)14-23(25)22(20)16-27)17-4-2-5-19(12-17)32(28,29)11-3-7-30-9-10-31-8-6-26;15-5-1-2-6(16)13(5)23-11(21)9(19)10(20)12(22)24-14-7(17)3-4-8(14)18;1-4-7(5-2)6-3;/h3-4,7-10,23-28,41-42,48-49,56,60-61H,5-6,11-22,29-32H2,1-2H3,(H,55,62);2,4-5,12-14,21H,3,6-11,15-16,26H2,1H3;9-10,19-20H,1-4H2;4-6H2,1-3H3;1H4. The summed E-state index contributed by atoms with van der Waals surface area (Å²) in [5.41, 5.74) is 14.0. The number of fused-ring (bicyclic) bond motifs is 3. The third-order valence-electron chi connectivity index (χ3n) is 22.3. The second-order valence-electron chi connectivity index (χ2n) is 32.3. The smallest absolute Gasteiger partial charge is 0.364 e. The maximum absolute atomic E-state index is 13.3. The van der Waals surface area contributed by atoms with Crippen LogP contribution in [-0.2, 0) is 126 Å². The number of likely N-dealkylation sites (N-methyl/N-ethyl adjacent to an activating group) is 3. The number of benzene rings is 6. The minimum absolute atomic E-state index is 0. The molecule has 0 aromatic heterocycles. The first-order valence-electron chi connectivity index (χ1n) is 44.0. The molecule has 6 aromatic carbocycles. The second kappa shape index (κ2) is 56.9. The number of hydrogen-bond acceptors (Lipinski definition) is 31. The number of sulfonamides is 1. The van der Waals surface area contributed by atoms with Gasteiger partial charge < -0.3 is 89.2 Å². The van der Waals surface area contributed by atoms with Crippen LogP contribution >= 0.6 is 69.6 Å². The predicted octanol–water partition coefficient (Wildman–Crippen LogP) is 8.48. The fourth-order valence-electron chi connectivity index (χ4n) is 15.2. The van der Waals surface area contributed by atoms with Crippen LogP contribution in [0.5, 0.6) is 0 Å². The van der Waals surface area contributed by atoms with E-state index in [1.54, 1.807) is 66.7 Å². The number of aliphatic hydroxyl groups is 4. The van der Waals surface area contributed by atoms with Gasteiger partial charge >= 0.3 is 11.9 Å². The van der Waals surface area contributed by atoms with Crippen molar-refractivity contribution in [1.82, 2.24) is 39.8 Å². The van der Waals surface area contributed by atoms with E-state index < -0.39 is 101 Å². The minimum Gasteiger partial charge on any atom is -0.382 e. The van der Waals surface area contributed by atoms with Crippen molar-refractivity contribution in [2.24, 2.45) is 5.73 Å². The van der Waals surface area contributed by atoms with Crippen molar-refractivity contribution in [2.45, 2.75) is 156 Å². The molecule has 5 aliphatic rings. The lowest BCUT2D eigenvalue weighted by Crippen LogP contribution is -2.47. The SMILES string of the molecule is C.CCN(CC)CC.CN1Cc2c(Cl)cc(Cl)cc2C(c2cccc(S(=O)(=O)CCCOCCOCCN)c2)C1.CN1Cc2c(Cl)cc(Cl)cc2C(c2cccc(S(=O)(=O)CCCOCCOCCNC(=O)C(O)C(O)C(=O)CCCOCCOCCNS(=O)(=O)c3cccc(C4CN(C)Cc5c(Cl)cc(Cl)cc54)c3)c2)C1.O=C(ON1C(=O)CCC1=O)C(O)C(O)C(=O)ON1C(=O)CCC1=O. The van der Waals surface area contributed by atoms with Crippen LogP contribution in [0.3, 0.4) is 0 Å². The van der Waals surface area contributed by atoms with Crippen LogP contribution in [0.25, 0.3) is 0 Å². The Morgan fingerprint density at radius 2 is 0.772 bits per heavy atom. The second-order valence-corrected chi connectivity index (χ2v) is 40.8. The Balaban J connectivity index is 0.000000319. The Morgan fingerprint density at radius 3 is 1.12 bits per heavy atom. The normalized spacial score (nSPS) is 17.2. The molecule has 752 valence electrons. The molecule has 11 rings (SSSR count). The molecule has 0 bridgehead atoms. The van der Waals surface area contributed by atoms with Gasteiger partial charge in [-0.25, -0.2) is 39.6 Å². The zero-order valence-electron chi connectivity index (χ0n) is 76.0. The molecule has 6 aromatic rings. The van der Waals surface area contributed by atoms with Gasteiger partial charge in [-0.15, -0.1) is 10.1 Å². The summed E-state index contributed by atoms with van der Waals surface area (Å²) in [6, 6.07) is 31.9. The van der Waals surface area contributed by atoms with E-state index in [9.17, 15) is 84.0 Å². The lowest BCUT2D eigenvalue weighted by atomic mass is 9.85. The van der Waals surface area contributed by atoms with Crippen LogP contribution in [0, 0.1) is 0 Å². The third kappa shape index (κ3) is 34.8. The lowest BCUT2D eigenvalue weighted by molar-refractivity contribution is -0.216. The van der Waals surface area contributed by atoms with E-state index in [2.05, 4.69) is 60.1 Å². The fraction of sp³-hybridized carbons (Fsp3) is 0.522. The number of hydroxylamine groups is 4. The lowest BCUT2D eigenvalue weighted by Gasteiger charge is -2.33. The number of Topliss-reactive ketones (excluding diaryl/α,β-unsaturated/α-hetero) is 1. The first kappa shape index (κ1) is 116. The van der Waals surface area contributed by atoms with Crippen molar-refractivity contribution in [2.75, 3.05) is 171 Å². The summed E-state index contributed by atoms with van der Waals surface area (Å²) in [6.45, 7) is 17.7. The highest BCUT2D eigenvalue weighted by Gasteiger charge is 2.43. The largest absolute Gasteiger partial charge is 0.382 e. The van der Waals surface area contributed by atoms with Gasteiger partial charge in [0.2, 0.25) is 10.0 Å². The maximum atomic E-state index is 13.3. The average Bonchev–Trinajstić information content (AvgIpc) is 0.812. The fourth-order valence-corrected chi connectivity index (χ4v) is 20.6. The number of nitrogens with zero attached hydrogens (tertiary/aromatic N) is 6. The van der Waals surface area contributed by atoms with Crippen LogP contribution in [-0.4, -0.2) is 318 Å². The topological polar surface area (TPSA) is 463 Å². The van der Waals surface area contributed by atoms with Crippen molar-refractivity contribution in [3.8, 4) is 0 Å². The van der Waals surface area contributed by atoms with Gasteiger partial charge in [0, 0.05) is 159 Å². The van der Waals surface area contributed by atoms with E-state index >= 15 is 0 Å². The molecule has 7 atom stereocenters. The zero-order valence-corrected chi connectivity index (χ0v) is 83.0. The highest BCUT2D eigenvalue weighted by atomic mass is 35.5. The van der Waals surface area contributed by atoms with E-state index in [1.807, 2.05) is 57.5 Å². The number of aliphatic hydroxyl groups excluding tert-OH is 4. The van der Waals surface area contributed by atoms with Crippen LogP contribution in [0.15, 0.2) is 124 Å². The molecule has 7 unspecified atom stereocenters. The summed E-state index contributed by atoms with van der Waals surface area (Å²) in [6.07, 6.45) is -8.92. The zero-order chi connectivity index (χ0) is 98.9. The molecule has 0 radical (unpaired) electrons. The van der Waals surface area contributed by atoms with Crippen LogP contribution < -0.4 is 15.8 Å². The molecule has 2 saturated heterocycles. The predicted molar refractivity (Wildman–Crippen MR) is 512 cm³/mol. The van der Waals surface area contributed by atoms with E-state index in [0.29, 0.717) is 101 Å². The molecule has 2 fully saturated rings. The number of ketones is 1. The molecular weight excluding hydrogens is 1960 g/mol. The van der Waals surface area contributed by atoms with Crippen molar-refractivity contribution >= 4 is 147 Å². The van der Waals surface area contributed by atoms with E-state index in [4.69, 9.17) is 104 Å². The number of amides is 5. The van der Waals surface area contributed by atoms with Crippen molar-refractivity contribution in [1.29, 1.82) is 0 Å². The molecule has 35 nitrogen and oxygen atoms in total. The molecule has 136 heavy (non-hydrogen) atoms. The Hall–Kier alpha value is -7.37. The Labute approximate surface area is 824 Å². The van der Waals surface area contributed by atoms with Crippen LogP contribution in [0.2, 0.25) is 30.1 Å². The molecule has 0 saturated carbocycles. The number of halogens is 6. The Morgan fingerprint density at radius 1 is 0.441 bits per heavy atom. The maximum Gasteiger partial charge on any atom is 0.364 e. The summed E-state index contributed by atoms with van der Waals surface area (Å²) in [7, 11) is -4.85. The van der Waals surface area contributed by atoms with Gasteiger partial charge in [0.05, 0.1) is 85.7 Å². The van der Waals surface area contributed by atoms with Gasteiger partial charge in [-0.05, 0) is 183 Å². The number of hydrogen-bond donors (Lipinski definition) is 7. The summed E-state index contributed by atoms with van der Waals surface area (Å²) in [5.74, 6) is -8.62. The number of rotatable bonds is 47. The van der Waals surface area contributed by atoms with Gasteiger partial charge in [0.15, 0.2) is 43.8 Å². The van der Waals surface area contributed by atoms with E-state index in [0.717, 1.165) is 63.2 Å². The number of ether oxygens (including phenoxy) is 6. The van der Waals surface area contributed by atoms with Gasteiger partial charge in [-0.1, -0.05) is 134 Å². The number of sulfone groups is 2. The summed E-state index contributed by atoms with van der Waals surface area (Å²) in [5, 5.41) is 45.6. The number of carbonyl (C=O) groups excluding carboxylic acids is 8. The van der Waals surface area contributed by atoms with Gasteiger partial charge in [0.25, 0.3) is 29.5 Å². The summed E-state index contributed by atoms with van der Waals surface area (Å²) in [4.78, 5) is 111. The average molecular weight is 2080 g/mol. The first-order valence-corrected chi connectivity index (χ1v) is 51.1. The monoisotopic (exact) mass is 2080 g/mol. The van der Waals surface area contributed by atoms with Crippen LogP contribution in [0.4, 0.5) is 0 Å². The van der Waals surface area contributed by atoms with Gasteiger partial charge in [0.1, 0.15) is 6.10 Å². The van der Waals surface area contributed by atoms with Crippen molar-refractivity contribution < 1.29 is 122 Å². The molecule has 8 N–H and O–H groups in total. The van der Waals surface area contributed by atoms with Gasteiger partial charge in [-0.3, -0.25) is 28.8 Å². The number of carbonyl (C=O) groups is 8. The Bertz CT molecular complexity index is 5110. The van der Waals surface area contributed by atoms with Crippen molar-refractivity contribution in [3.05, 3.63) is 189 Å². The van der Waals surface area contributed by atoms with E-state index in [1.165, 1.54) is 25.7 Å². The van der Waals surface area contributed by atoms with Crippen molar-refractivity contribution in [3.63, 3.8) is 0 Å². The number of nitrogens with two attached hydrogens (primary N) is 1. The molecular formula is C92H123Cl6N9O26S3. The number of nitrogens with one attached hydrogen (secondary N) is 2. The van der Waals surface area contributed by atoms with Crippen LogP contribution in [0.1, 0.15) is 147 Å². The molecule has 0 spiro atoms. The first-order chi connectivity index (χ1) is 64.2. The van der Waals surface area contributed by atoms with Gasteiger partial charge in [-0.2, -0.15) is 0 Å². The minimum atomic E-state index is -3.84. The highest BCUT2D eigenvalue weighted by molar-refractivity contribution is 7.91. The highest BCUT2D eigenvalue weighted by Crippen LogP contribution is 2.43. The molecule has 5 heterocycles. The molecule has 5 amide bonds. The summed E-state index contributed by atoms with van der Waals surface area (Å²) < 4.78 is 114. The van der Waals surface area contributed by atoms with E-state index in [-0.39, 0.29) is 167 Å². The molecule has 0 aliphatic carbocycles.